The smallest absolute Gasteiger partial charge is 0.166 e. The quantitative estimate of drug-likeness (QED) is 0.140. The van der Waals surface area contributed by atoms with Gasteiger partial charge in [-0.25, -0.2) is 30.0 Å². The second kappa shape index (κ2) is 21.7. The van der Waals surface area contributed by atoms with Gasteiger partial charge in [-0.2, -0.15) is 0 Å². The van der Waals surface area contributed by atoms with E-state index in [-0.39, 0.29) is 188 Å². The Balaban J connectivity index is 1.28. The van der Waals surface area contributed by atoms with Crippen LogP contribution in [0.1, 0.15) is 134 Å². The third-order valence-corrected chi connectivity index (χ3v) is 20.7. The molecule has 11 rings (SSSR count). The molecule has 0 atom stereocenters. The van der Waals surface area contributed by atoms with Crippen LogP contribution in [0.15, 0.2) is 66.4 Å². The Morgan fingerprint density at radius 2 is 0.679 bits per heavy atom. The zero-order valence-corrected chi connectivity index (χ0v) is 57.0. The van der Waals surface area contributed by atoms with Crippen molar-refractivity contribution in [3.05, 3.63) is 173 Å². The van der Waals surface area contributed by atoms with Gasteiger partial charge in [0.05, 0.1) is 105 Å². The second-order valence-corrected chi connectivity index (χ2v) is 29.8. The summed E-state index contributed by atoms with van der Waals surface area (Å²) in [6.07, 6.45) is -0.0791. The van der Waals surface area contributed by atoms with Gasteiger partial charge in [-0.15, -0.1) is 0 Å². The number of benzene rings is 6. The molecular weight excluding hydrogens is 1360 g/mol. The molecule has 84 heavy (non-hydrogen) atoms. The summed E-state index contributed by atoms with van der Waals surface area (Å²) < 4.78 is 13.6. The van der Waals surface area contributed by atoms with E-state index in [1.165, 1.54) is 0 Å². The normalized spacial score (nSPS) is 14.9. The zero-order chi connectivity index (χ0) is 61.3. The number of rotatable bonds is 4. The lowest BCUT2D eigenvalue weighted by Gasteiger charge is -2.27. The molecule has 0 fully saturated rings. The number of aliphatic imine (C=N–C) groups is 4. The average molecular weight is 1400 g/mol. The molecule has 1 aromatic heterocycles. The predicted molar refractivity (Wildman–Crippen MR) is 355 cm³/mol. The van der Waals surface area contributed by atoms with E-state index in [0.717, 1.165) is 22.3 Å². The first-order valence-electron chi connectivity index (χ1n) is 25.8. The van der Waals surface area contributed by atoms with Gasteiger partial charge in [0.25, 0.3) is 0 Å². The Bertz CT molecular complexity index is 4610. The molecule has 4 aliphatic rings. The second-order valence-electron chi connectivity index (χ2n) is 24.5. The highest BCUT2D eigenvalue weighted by Gasteiger charge is 2.38. The first-order chi connectivity index (χ1) is 39.0. The van der Waals surface area contributed by atoms with Crippen molar-refractivity contribution >= 4 is 208 Å². The highest BCUT2D eigenvalue weighted by atomic mass is 35.5. The van der Waals surface area contributed by atoms with Crippen molar-refractivity contribution in [1.82, 2.24) is 4.98 Å². The maximum absolute atomic E-state index is 7.65. The number of aromatic amines is 1. The first-order valence-corrected chi connectivity index (χ1v) is 31.1. The molecule has 0 saturated carbocycles. The Hall–Kier alpha value is -3.46. The van der Waals surface area contributed by atoms with Crippen molar-refractivity contribution in [3.8, 4) is 23.0 Å². The number of nitrogens with one attached hydrogen (secondary N) is 1. The van der Waals surface area contributed by atoms with Crippen molar-refractivity contribution in [1.29, 1.82) is 0 Å². The highest BCUT2D eigenvalue weighted by Crippen LogP contribution is 2.52. The molecule has 6 aromatic carbocycles. The minimum absolute atomic E-state index is 0.00831. The van der Waals surface area contributed by atoms with Crippen LogP contribution >= 0.6 is 162 Å². The lowest BCUT2D eigenvalue weighted by molar-refractivity contribution is 0.453. The van der Waals surface area contributed by atoms with Crippen LogP contribution in [-0.4, -0.2) is 28.3 Å². The van der Waals surface area contributed by atoms with Crippen molar-refractivity contribution in [2.24, 2.45) is 30.0 Å². The Kier molecular flexibility index (Phi) is 16.0. The van der Waals surface area contributed by atoms with Crippen LogP contribution in [0.25, 0.3) is 22.2 Å². The largest absolute Gasteiger partial charge is 0.454 e. The SMILES string of the molecule is CC(C)(C)c1ccc(Oc2c(Cl)c(Cl)c3c(c2Cl)C2=NC3=NC3=c4c(Cl)c(Cl)c(Cl)c(Cl)c4=C(C3)N=C3N=C(N=c4[nH]c(c5c(Cl)c(Cl)c(Oc6ccc(C(C)(C)C)cc6C(C)(C)C)c(Cl)c45)=N2)c2c(Cl)c(Cl)c(Cl)c(Cl)c23)c(C(C)(C)C)c1. The first kappa shape index (κ1) is 62.2. The van der Waals surface area contributed by atoms with Gasteiger partial charge in [0, 0.05) is 28.0 Å². The van der Waals surface area contributed by atoms with E-state index in [1.54, 1.807) is 0 Å². The van der Waals surface area contributed by atoms with E-state index in [9.17, 15) is 0 Å². The summed E-state index contributed by atoms with van der Waals surface area (Å²) in [5.74, 6) is 0.865. The van der Waals surface area contributed by atoms with Crippen LogP contribution in [0.2, 0.25) is 70.3 Å². The lowest BCUT2D eigenvalue weighted by atomic mass is 9.80. The Labute approximate surface area is 553 Å². The van der Waals surface area contributed by atoms with Crippen LogP contribution in [0.3, 0.4) is 0 Å². The van der Waals surface area contributed by atoms with Crippen LogP contribution in [-0.2, 0) is 21.7 Å². The fourth-order valence-electron chi connectivity index (χ4n) is 10.3. The number of ether oxygens (including phenoxy) is 2. The molecule has 0 radical (unpaired) electrons. The fraction of sp³-hybridized carbons (Fsp3) is 0.279. The monoisotopic (exact) mass is 1400 g/mol. The summed E-state index contributed by atoms with van der Waals surface area (Å²) in [5.41, 5.74) is 4.01. The Morgan fingerprint density at radius 1 is 0.345 bits per heavy atom. The van der Waals surface area contributed by atoms with Crippen LogP contribution in [0, 0.1) is 0 Å². The number of halogens is 14. The van der Waals surface area contributed by atoms with E-state index in [2.05, 4.69) is 100 Å². The number of hydrogen-bond acceptors (Lipinski definition) is 8. The van der Waals surface area contributed by atoms with Gasteiger partial charge in [0.2, 0.25) is 0 Å². The number of H-pyrrole nitrogens is 1. The molecule has 8 bridgehead atoms. The number of nitrogens with zero attached hydrogens (tertiary/aromatic N) is 6. The van der Waals surface area contributed by atoms with E-state index in [4.69, 9.17) is 202 Å². The van der Waals surface area contributed by atoms with Crippen molar-refractivity contribution in [2.75, 3.05) is 0 Å². The zero-order valence-electron chi connectivity index (χ0n) is 46.5. The molecule has 0 unspecified atom stereocenters. The van der Waals surface area contributed by atoms with Gasteiger partial charge in [0.15, 0.2) is 34.8 Å². The van der Waals surface area contributed by atoms with Gasteiger partial charge in [-0.05, 0) is 44.9 Å². The van der Waals surface area contributed by atoms with Crippen molar-refractivity contribution in [2.45, 2.75) is 111 Å². The minimum atomic E-state index is -0.412. The van der Waals surface area contributed by atoms with E-state index in [0.29, 0.717) is 11.5 Å². The summed E-state index contributed by atoms with van der Waals surface area (Å²) in [5, 5.41) is 0.372. The molecule has 7 aromatic rings. The maximum Gasteiger partial charge on any atom is 0.166 e. The molecular formula is C61H45Cl14N7O2. The molecule has 23 heteroatoms. The van der Waals surface area contributed by atoms with Crippen LogP contribution in [0.5, 0.6) is 23.0 Å². The third-order valence-electron chi connectivity index (χ3n) is 14.7. The summed E-state index contributed by atoms with van der Waals surface area (Å²) >= 11 is 101. The molecule has 3 aliphatic heterocycles. The molecule has 0 saturated heterocycles. The molecule has 9 nitrogen and oxygen atoms in total. The maximum atomic E-state index is 7.65. The molecule has 0 spiro atoms. The fourth-order valence-corrected chi connectivity index (χ4v) is 14.1. The minimum Gasteiger partial charge on any atom is -0.454 e. The van der Waals surface area contributed by atoms with E-state index < -0.39 is 10.8 Å². The Morgan fingerprint density at radius 3 is 1.07 bits per heavy atom. The molecule has 1 N–H and O–H groups in total. The van der Waals surface area contributed by atoms with Gasteiger partial charge in [0.1, 0.15) is 32.5 Å². The molecule has 1 aliphatic carbocycles. The molecule has 4 heterocycles. The summed E-state index contributed by atoms with van der Waals surface area (Å²) in [4.78, 5) is 34.0. The van der Waals surface area contributed by atoms with Gasteiger partial charge in [-0.1, -0.05) is 270 Å². The summed E-state index contributed by atoms with van der Waals surface area (Å²) in [7, 11) is 0. The van der Waals surface area contributed by atoms with E-state index >= 15 is 0 Å². The number of amidine groups is 4. The van der Waals surface area contributed by atoms with Gasteiger partial charge < -0.3 is 14.5 Å². The average Bonchev–Trinajstić information content (AvgIpc) is 1.76. The summed E-state index contributed by atoms with van der Waals surface area (Å²) in [6.45, 7) is 25.3. The molecule has 434 valence electrons. The van der Waals surface area contributed by atoms with Crippen molar-refractivity contribution in [3.63, 3.8) is 0 Å². The lowest BCUT2D eigenvalue weighted by Crippen LogP contribution is -2.27. The molecule has 0 amide bonds. The third kappa shape index (κ3) is 10.3. The topological polar surface area (TPSA) is 108 Å². The van der Waals surface area contributed by atoms with Gasteiger partial charge in [-0.3, -0.25) is 0 Å². The van der Waals surface area contributed by atoms with Gasteiger partial charge >= 0.3 is 0 Å². The number of fused-ring (bicyclic) bond motifs is 16. The highest BCUT2D eigenvalue weighted by molar-refractivity contribution is 6.56. The number of aromatic nitrogens is 1. The van der Waals surface area contributed by atoms with Crippen molar-refractivity contribution < 1.29 is 9.47 Å². The summed E-state index contributed by atoms with van der Waals surface area (Å²) in [6, 6.07) is 12.0. The number of hydrogen-bond donors (Lipinski definition) is 1. The van der Waals surface area contributed by atoms with Crippen LogP contribution in [0.4, 0.5) is 0 Å². The standard InChI is InChI=1S/C61H45Cl14N7O2/c1-58(2,3)20-13-15-26(22(17-20)60(7,8)9)83-50-42(68)34-32(40(66)48(50)74)53-77-25-19-24(28-29(25)37(63)45(71)44(70)36(28)62)76-52-30-31(39(65)47(73)46(72)38(30)64)54(78-52)80-57-35-33(55(82-57)81-56(34)79-53)41(67)49(75)51(43(35)69)84-27-16-14-21(59(4,5)6)18-23(27)61(10,11)12/h13-18H,19H2,1-12H3,(H,76,77,78,79,80,81,82). The predicted octanol–water partition coefficient (Wildman–Crippen LogP) is 21.1. The van der Waals surface area contributed by atoms with E-state index in [1.807, 2.05) is 24.3 Å². The van der Waals surface area contributed by atoms with Crippen LogP contribution < -0.4 is 30.9 Å².